The minimum Gasteiger partial charge on any atom is -0.373 e. The topological polar surface area (TPSA) is 18.5 Å². The van der Waals surface area contributed by atoms with Crippen LogP contribution < -0.4 is 5.32 Å². The minimum absolute atomic E-state index is 0.454. The summed E-state index contributed by atoms with van der Waals surface area (Å²) in [7, 11) is 0. The normalized spacial score (nSPS) is 20.8. The van der Waals surface area contributed by atoms with Crippen molar-refractivity contribution in [1.29, 1.82) is 0 Å². The Morgan fingerprint density at radius 2 is 1.90 bits per heavy atom. The number of rotatable bonds is 13. The van der Waals surface area contributed by atoms with Gasteiger partial charge >= 0.3 is 0 Å². The fourth-order valence-electron chi connectivity index (χ4n) is 4.78. The van der Waals surface area contributed by atoms with E-state index in [1.54, 1.807) is 0 Å². The van der Waals surface area contributed by atoms with Crippen molar-refractivity contribution in [1.82, 2.24) is 15.1 Å². The van der Waals surface area contributed by atoms with E-state index >= 15 is 0 Å². The van der Waals surface area contributed by atoms with Crippen LogP contribution in [0, 0.1) is 5.92 Å². The molecule has 0 radical (unpaired) electrons. The van der Waals surface area contributed by atoms with Gasteiger partial charge in [-0.25, -0.2) is 0 Å². The number of halogens is 1. The summed E-state index contributed by atoms with van der Waals surface area (Å²) in [5.74, 6) is 1.51. The molecule has 0 spiro atoms. The van der Waals surface area contributed by atoms with Crippen LogP contribution in [-0.4, -0.2) is 61.0 Å². The molecule has 0 aromatic rings. The molecule has 1 unspecified atom stereocenters. The number of nitrogens with one attached hydrogen (secondary N) is 1. The minimum atomic E-state index is 0.454. The van der Waals surface area contributed by atoms with Gasteiger partial charge in [0, 0.05) is 43.8 Å². The maximum absolute atomic E-state index is 5.88. The molecule has 2 fully saturated rings. The molecule has 1 heterocycles. The molecule has 30 heavy (non-hydrogen) atoms. The molecule has 2 aliphatic rings. The molecule has 2 rings (SSSR count). The number of piperazine rings is 1. The summed E-state index contributed by atoms with van der Waals surface area (Å²) < 4.78 is 0. The van der Waals surface area contributed by atoms with E-state index in [0.29, 0.717) is 11.9 Å². The van der Waals surface area contributed by atoms with E-state index in [9.17, 15) is 0 Å². The standard InChI is InChI=1S/C26H46ClN3/c1-4-5-14-26(15-9-16-27)24(3)30-20-18-29(19-21-30)23(2)11-10-17-28-22-25-12-7-6-8-13-25/h9,14-15,24-25,28H,2,4-8,10-13,16-22H2,1,3H3/b15-9-,26-14+. The van der Waals surface area contributed by atoms with E-state index in [-0.39, 0.29) is 0 Å². The fourth-order valence-corrected chi connectivity index (χ4v) is 4.87. The van der Waals surface area contributed by atoms with Gasteiger partial charge < -0.3 is 10.2 Å². The summed E-state index contributed by atoms with van der Waals surface area (Å²) >= 11 is 5.88. The van der Waals surface area contributed by atoms with Gasteiger partial charge in [0.05, 0.1) is 0 Å². The summed E-state index contributed by atoms with van der Waals surface area (Å²) in [6.07, 6.45) is 18.5. The first-order chi connectivity index (χ1) is 14.7. The Balaban J connectivity index is 1.65. The van der Waals surface area contributed by atoms with Gasteiger partial charge in [0.25, 0.3) is 0 Å². The molecule has 3 nitrogen and oxygen atoms in total. The van der Waals surface area contributed by atoms with Crippen LogP contribution in [0.2, 0.25) is 0 Å². The Kier molecular flexibility index (Phi) is 12.8. The number of alkyl halides is 1. The van der Waals surface area contributed by atoms with E-state index in [1.807, 2.05) is 0 Å². The highest BCUT2D eigenvalue weighted by molar-refractivity contribution is 6.18. The van der Waals surface area contributed by atoms with E-state index < -0.39 is 0 Å². The molecule has 1 saturated carbocycles. The molecule has 1 aliphatic carbocycles. The predicted octanol–water partition coefficient (Wildman–Crippen LogP) is 5.98. The Labute approximate surface area is 191 Å². The maximum atomic E-state index is 5.88. The van der Waals surface area contributed by atoms with Crippen molar-refractivity contribution in [2.75, 3.05) is 45.1 Å². The summed E-state index contributed by atoms with van der Waals surface area (Å²) in [5.41, 5.74) is 2.74. The van der Waals surface area contributed by atoms with Crippen molar-refractivity contribution >= 4 is 11.6 Å². The molecular weight excluding hydrogens is 390 g/mol. The van der Waals surface area contributed by atoms with Gasteiger partial charge in [-0.3, -0.25) is 4.90 Å². The summed E-state index contributed by atoms with van der Waals surface area (Å²) in [5, 5.41) is 3.69. The van der Waals surface area contributed by atoms with Gasteiger partial charge in [0.15, 0.2) is 0 Å². The zero-order valence-electron chi connectivity index (χ0n) is 19.7. The molecule has 1 saturated heterocycles. The SMILES string of the molecule is C=C(CCCNCC1CCCCC1)N1CCN(C(C)C(/C=C\CCl)=C/CCC)CC1. The average molecular weight is 436 g/mol. The Morgan fingerprint density at radius 3 is 2.57 bits per heavy atom. The second kappa shape index (κ2) is 15.1. The number of nitrogens with zero attached hydrogens (tertiary/aromatic N) is 2. The lowest BCUT2D eigenvalue weighted by molar-refractivity contribution is 0.135. The average Bonchev–Trinajstić information content (AvgIpc) is 2.79. The number of hydrogen-bond donors (Lipinski definition) is 1. The fraction of sp³-hybridized carbons (Fsp3) is 0.769. The quantitative estimate of drug-likeness (QED) is 0.218. The van der Waals surface area contributed by atoms with Crippen molar-refractivity contribution in [3.05, 3.63) is 36.1 Å². The third kappa shape index (κ3) is 9.16. The van der Waals surface area contributed by atoms with Crippen LogP contribution in [0.3, 0.4) is 0 Å². The second-order valence-corrected chi connectivity index (χ2v) is 9.44. The van der Waals surface area contributed by atoms with E-state index in [2.05, 4.69) is 53.8 Å². The Morgan fingerprint density at radius 1 is 1.17 bits per heavy atom. The molecule has 0 aromatic carbocycles. The van der Waals surface area contributed by atoms with Crippen LogP contribution in [0.25, 0.3) is 0 Å². The smallest absolute Gasteiger partial charge is 0.0407 e. The number of hydrogen-bond acceptors (Lipinski definition) is 3. The van der Waals surface area contributed by atoms with Gasteiger partial charge in [-0.05, 0) is 63.6 Å². The lowest BCUT2D eigenvalue weighted by Crippen LogP contribution is -2.49. The first-order valence-corrected chi connectivity index (χ1v) is 13.0. The largest absolute Gasteiger partial charge is 0.373 e. The molecule has 0 bridgehead atoms. The van der Waals surface area contributed by atoms with Gasteiger partial charge in [-0.1, -0.05) is 57.4 Å². The molecule has 1 atom stereocenters. The van der Waals surface area contributed by atoms with Gasteiger partial charge in [0.1, 0.15) is 0 Å². The monoisotopic (exact) mass is 435 g/mol. The molecule has 4 heteroatoms. The number of unbranched alkanes of at least 4 members (excludes halogenated alkanes) is 1. The molecular formula is C26H46ClN3. The number of allylic oxidation sites excluding steroid dienone is 3. The van der Waals surface area contributed by atoms with Crippen molar-refractivity contribution in [2.24, 2.45) is 5.92 Å². The Hall–Kier alpha value is -0.770. The molecule has 1 aliphatic heterocycles. The first-order valence-electron chi connectivity index (χ1n) is 12.5. The van der Waals surface area contributed by atoms with Crippen molar-refractivity contribution < 1.29 is 0 Å². The van der Waals surface area contributed by atoms with Crippen LogP contribution in [0.1, 0.15) is 71.6 Å². The highest BCUT2D eigenvalue weighted by Gasteiger charge is 2.23. The summed E-state index contributed by atoms with van der Waals surface area (Å²) in [4.78, 5) is 5.12. The van der Waals surface area contributed by atoms with Gasteiger partial charge in [-0.15, -0.1) is 11.6 Å². The van der Waals surface area contributed by atoms with Crippen LogP contribution in [-0.2, 0) is 0 Å². The van der Waals surface area contributed by atoms with E-state index in [1.165, 1.54) is 62.8 Å². The molecule has 0 aromatic heterocycles. The highest BCUT2D eigenvalue weighted by Crippen LogP contribution is 2.23. The molecule has 1 N–H and O–H groups in total. The van der Waals surface area contributed by atoms with Crippen LogP contribution in [0.5, 0.6) is 0 Å². The third-order valence-corrected chi connectivity index (χ3v) is 7.01. The zero-order valence-corrected chi connectivity index (χ0v) is 20.4. The maximum Gasteiger partial charge on any atom is 0.0407 e. The van der Waals surface area contributed by atoms with Crippen molar-refractivity contribution in [3.8, 4) is 0 Å². The third-order valence-electron chi connectivity index (χ3n) is 6.84. The Bertz CT molecular complexity index is 528. The molecule has 0 amide bonds. The zero-order chi connectivity index (χ0) is 21.6. The van der Waals surface area contributed by atoms with Crippen molar-refractivity contribution in [3.63, 3.8) is 0 Å². The summed E-state index contributed by atoms with van der Waals surface area (Å²) in [6, 6.07) is 0.454. The van der Waals surface area contributed by atoms with Gasteiger partial charge in [-0.2, -0.15) is 0 Å². The molecule has 172 valence electrons. The van der Waals surface area contributed by atoms with E-state index in [4.69, 9.17) is 11.6 Å². The predicted molar refractivity (Wildman–Crippen MR) is 133 cm³/mol. The van der Waals surface area contributed by atoms with Crippen molar-refractivity contribution in [2.45, 2.75) is 77.7 Å². The lowest BCUT2D eigenvalue weighted by atomic mass is 9.89. The van der Waals surface area contributed by atoms with Crippen LogP contribution in [0.15, 0.2) is 36.1 Å². The highest BCUT2D eigenvalue weighted by atomic mass is 35.5. The second-order valence-electron chi connectivity index (χ2n) is 9.13. The van der Waals surface area contributed by atoms with Crippen LogP contribution in [0.4, 0.5) is 0 Å². The van der Waals surface area contributed by atoms with Gasteiger partial charge in [0.2, 0.25) is 0 Å². The lowest BCUT2D eigenvalue weighted by Gasteiger charge is -2.40. The van der Waals surface area contributed by atoms with Crippen LogP contribution >= 0.6 is 11.6 Å². The van der Waals surface area contributed by atoms with E-state index in [0.717, 1.165) is 51.5 Å². The first kappa shape index (κ1) is 25.5. The summed E-state index contributed by atoms with van der Waals surface area (Å²) in [6.45, 7) is 15.7.